The average Bonchev–Trinajstić information content (AvgIpc) is 3.24. The molecule has 34 heavy (non-hydrogen) atoms. The summed E-state index contributed by atoms with van der Waals surface area (Å²) in [6.45, 7) is 2.66. The first kappa shape index (κ1) is 21.9. The summed E-state index contributed by atoms with van der Waals surface area (Å²) in [4.78, 5) is 30.8. The van der Waals surface area contributed by atoms with Crippen molar-refractivity contribution < 1.29 is 13.9 Å². The van der Waals surface area contributed by atoms with E-state index in [0.717, 1.165) is 31.7 Å². The molecule has 0 fully saturated rings. The Morgan fingerprint density at radius 3 is 2.65 bits per heavy atom. The molecule has 0 aliphatic rings. The van der Waals surface area contributed by atoms with Crippen molar-refractivity contribution in [3.63, 3.8) is 0 Å². The molecule has 0 saturated heterocycles. The van der Waals surface area contributed by atoms with Crippen LogP contribution < -0.4 is 10.4 Å². The molecule has 0 bridgehead atoms. The van der Waals surface area contributed by atoms with Crippen molar-refractivity contribution in [3.05, 3.63) is 105 Å². The van der Waals surface area contributed by atoms with Gasteiger partial charge >= 0.3 is 5.63 Å². The second kappa shape index (κ2) is 9.11. The molecule has 6 nitrogen and oxygen atoms in total. The maximum atomic E-state index is 12.9. The minimum atomic E-state index is -0.379. The van der Waals surface area contributed by atoms with E-state index in [1.54, 1.807) is 41.5 Å². The third-order valence-corrected chi connectivity index (χ3v) is 6.61. The van der Waals surface area contributed by atoms with Gasteiger partial charge in [-0.15, -0.1) is 11.3 Å². The van der Waals surface area contributed by atoms with Gasteiger partial charge in [0.15, 0.2) is 0 Å². The molecule has 2 heterocycles. The number of para-hydroxylation sites is 1. The highest BCUT2D eigenvalue weighted by atomic mass is 32.1. The summed E-state index contributed by atoms with van der Waals surface area (Å²) in [7, 11) is 1.78. The highest BCUT2D eigenvalue weighted by molar-refractivity contribution is 7.18. The number of hydrogen-bond acceptors (Lipinski definition) is 6. The Labute approximate surface area is 200 Å². The number of aromatic nitrogens is 1. The summed E-state index contributed by atoms with van der Waals surface area (Å²) in [5.41, 5.74) is 3.48. The number of carbonyl (C=O) groups is 1. The lowest BCUT2D eigenvalue weighted by atomic mass is 10.1. The summed E-state index contributed by atoms with van der Waals surface area (Å²) >= 11 is 1.60. The highest BCUT2D eigenvalue weighted by Gasteiger charge is 2.14. The quantitative estimate of drug-likeness (QED) is 0.304. The third kappa shape index (κ3) is 4.56. The van der Waals surface area contributed by atoms with E-state index in [4.69, 9.17) is 9.15 Å². The summed E-state index contributed by atoms with van der Waals surface area (Å²) in [6, 6.07) is 22.3. The van der Waals surface area contributed by atoms with E-state index >= 15 is 0 Å². The van der Waals surface area contributed by atoms with Gasteiger partial charge in [0.05, 0.1) is 16.8 Å². The fraction of sp³-hybridized carbons (Fsp3) is 0.148. The maximum absolute atomic E-state index is 12.9. The molecule has 1 amide bonds. The zero-order valence-corrected chi connectivity index (χ0v) is 19.6. The second-order valence-electron chi connectivity index (χ2n) is 8.13. The maximum Gasteiger partial charge on any atom is 0.336 e. The van der Waals surface area contributed by atoms with Crippen LogP contribution in [0, 0.1) is 6.92 Å². The molecule has 0 saturated carbocycles. The number of benzene rings is 3. The second-order valence-corrected chi connectivity index (χ2v) is 9.24. The van der Waals surface area contributed by atoms with Crippen LogP contribution in [0.1, 0.15) is 26.5 Å². The molecule has 0 aliphatic carbocycles. The van der Waals surface area contributed by atoms with Gasteiger partial charge in [0.25, 0.3) is 5.91 Å². The number of nitrogens with zero attached hydrogens (tertiary/aromatic N) is 2. The predicted molar refractivity (Wildman–Crippen MR) is 133 cm³/mol. The number of thiazole rings is 1. The molecular formula is C27H22N2O4S. The van der Waals surface area contributed by atoms with E-state index in [1.165, 1.54) is 6.07 Å². The van der Waals surface area contributed by atoms with Crippen LogP contribution in [-0.2, 0) is 13.2 Å². The highest BCUT2D eigenvalue weighted by Crippen LogP contribution is 2.24. The third-order valence-electron chi connectivity index (χ3n) is 5.59. The fourth-order valence-corrected chi connectivity index (χ4v) is 4.81. The summed E-state index contributed by atoms with van der Waals surface area (Å²) in [5, 5.41) is 1.79. The van der Waals surface area contributed by atoms with E-state index in [-0.39, 0.29) is 11.5 Å². The number of hydrogen-bond donors (Lipinski definition) is 0. The van der Waals surface area contributed by atoms with Crippen LogP contribution in [0.3, 0.4) is 0 Å². The van der Waals surface area contributed by atoms with Crippen molar-refractivity contribution in [2.45, 2.75) is 20.1 Å². The predicted octanol–water partition coefficient (Wildman–Crippen LogP) is 5.56. The molecule has 0 atom stereocenters. The van der Waals surface area contributed by atoms with E-state index in [9.17, 15) is 9.59 Å². The molecule has 3 aromatic carbocycles. The zero-order valence-electron chi connectivity index (χ0n) is 18.8. The van der Waals surface area contributed by atoms with Gasteiger partial charge in [-0.05, 0) is 54.4 Å². The number of amides is 1. The molecule has 5 aromatic rings. The van der Waals surface area contributed by atoms with Gasteiger partial charge in [0.2, 0.25) is 0 Å². The monoisotopic (exact) mass is 470 g/mol. The molecule has 0 unspecified atom stereocenters. The van der Waals surface area contributed by atoms with Gasteiger partial charge in [-0.3, -0.25) is 4.79 Å². The standard InChI is InChI=1S/C27H22N2O4S/c1-17-13-26(30)33-23-14-20(11-12-21(17)23)32-16-18-7-9-19(10-8-18)27(31)29(2)15-25-28-22-5-3-4-6-24(22)34-25/h3-14H,15-16H2,1-2H3. The van der Waals surface area contributed by atoms with Crippen LogP contribution in [0.4, 0.5) is 0 Å². The summed E-state index contributed by atoms with van der Waals surface area (Å²) in [6.07, 6.45) is 0. The number of fused-ring (bicyclic) bond motifs is 2. The molecule has 170 valence electrons. The van der Waals surface area contributed by atoms with Crippen molar-refractivity contribution in [2.75, 3.05) is 7.05 Å². The fourth-order valence-electron chi connectivity index (χ4n) is 3.79. The summed E-state index contributed by atoms with van der Waals surface area (Å²) in [5.74, 6) is 0.545. The molecule has 5 rings (SSSR count). The molecule has 0 N–H and O–H groups in total. The number of aryl methyl sites for hydroxylation is 1. The number of carbonyl (C=O) groups excluding carboxylic acids is 1. The van der Waals surface area contributed by atoms with Crippen molar-refractivity contribution in [1.29, 1.82) is 0 Å². The largest absolute Gasteiger partial charge is 0.489 e. The molecule has 0 radical (unpaired) electrons. The Kier molecular flexibility index (Phi) is 5.86. The van der Waals surface area contributed by atoms with Crippen molar-refractivity contribution >= 4 is 38.4 Å². The average molecular weight is 471 g/mol. The van der Waals surface area contributed by atoms with Crippen molar-refractivity contribution in [3.8, 4) is 5.75 Å². The number of ether oxygens (including phenoxy) is 1. The van der Waals surface area contributed by atoms with Gasteiger partial charge < -0.3 is 14.1 Å². The van der Waals surface area contributed by atoms with E-state index in [0.29, 0.717) is 30.0 Å². The lowest BCUT2D eigenvalue weighted by Crippen LogP contribution is -2.26. The molecule has 2 aromatic heterocycles. The van der Waals surface area contributed by atoms with E-state index in [1.807, 2.05) is 55.5 Å². The topological polar surface area (TPSA) is 72.6 Å². The minimum Gasteiger partial charge on any atom is -0.489 e. The molecular weight excluding hydrogens is 448 g/mol. The van der Waals surface area contributed by atoms with Crippen LogP contribution in [0.15, 0.2) is 82.0 Å². The van der Waals surface area contributed by atoms with Crippen LogP contribution in [0.2, 0.25) is 0 Å². The Morgan fingerprint density at radius 1 is 1.06 bits per heavy atom. The normalized spacial score (nSPS) is 11.1. The summed E-state index contributed by atoms with van der Waals surface area (Å²) < 4.78 is 12.3. The van der Waals surface area contributed by atoms with Crippen molar-refractivity contribution in [1.82, 2.24) is 9.88 Å². The van der Waals surface area contributed by atoms with E-state index < -0.39 is 0 Å². The lowest BCUT2D eigenvalue weighted by molar-refractivity contribution is 0.0785. The zero-order chi connectivity index (χ0) is 23.7. The van der Waals surface area contributed by atoms with Crippen LogP contribution in [0.5, 0.6) is 5.75 Å². The van der Waals surface area contributed by atoms with Gasteiger partial charge in [-0.2, -0.15) is 0 Å². The molecule has 7 heteroatoms. The first-order valence-corrected chi connectivity index (χ1v) is 11.6. The number of rotatable bonds is 6. The Balaban J connectivity index is 1.23. The van der Waals surface area contributed by atoms with E-state index in [2.05, 4.69) is 4.98 Å². The molecule has 0 spiro atoms. The Hall–Kier alpha value is -3.97. The Morgan fingerprint density at radius 2 is 1.85 bits per heavy atom. The first-order valence-electron chi connectivity index (χ1n) is 10.8. The van der Waals surface area contributed by atoms with Crippen LogP contribution >= 0.6 is 11.3 Å². The van der Waals surface area contributed by atoms with Gasteiger partial charge in [0.1, 0.15) is 22.9 Å². The Bertz CT molecular complexity index is 1520. The smallest absolute Gasteiger partial charge is 0.336 e. The SMILES string of the molecule is Cc1cc(=O)oc2cc(OCc3ccc(C(=O)N(C)Cc4nc5ccccc5s4)cc3)ccc12. The van der Waals surface area contributed by atoms with Gasteiger partial charge in [0, 0.05) is 30.1 Å². The van der Waals surface area contributed by atoms with Crippen LogP contribution in [0.25, 0.3) is 21.2 Å². The van der Waals surface area contributed by atoms with Crippen molar-refractivity contribution in [2.24, 2.45) is 0 Å². The van der Waals surface area contributed by atoms with Gasteiger partial charge in [-0.1, -0.05) is 24.3 Å². The van der Waals surface area contributed by atoms with Crippen LogP contribution in [-0.4, -0.2) is 22.8 Å². The molecule has 0 aliphatic heterocycles. The van der Waals surface area contributed by atoms with Gasteiger partial charge in [-0.25, -0.2) is 9.78 Å². The minimum absolute atomic E-state index is 0.0633. The lowest BCUT2D eigenvalue weighted by Gasteiger charge is -2.16. The first-order chi connectivity index (χ1) is 16.5.